The first-order chi connectivity index (χ1) is 14.4. The summed E-state index contributed by atoms with van der Waals surface area (Å²) < 4.78 is 5.41. The lowest BCUT2D eigenvalue weighted by Crippen LogP contribution is -2.35. The number of benzene rings is 2. The highest BCUT2D eigenvalue weighted by atomic mass is 35.5. The van der Waals surface area contributed by atoms with Crippen LogP contribution in [0.3, 0.4) is 0 Å². The predicted octanol–water partition coefficient (Wildman–Crippen LogP) is 4.04. The van der Waals surface area contributed by atoms with Crippen LogP contribution in [0.25, 0.3) is 0 Å². The van der Waals surface area contributed by atoms with E-state index in [9.17, 15) is 14.4 Å². The summed E-state index contributed by atoms with van der Waals surface area (Å²) in [6.45, 7) is 1.89. The largest absolute Gasteiger partial charge is 0.462 e. The molecule has 6 nitrogen and oxygen atoms in total. The smallest absolute Gasteiger partial charge is 0.310 e. The quantitative estimate of drug-likeness (QED) is 0.725. The number of nitrogens with one attached hydrogen (secondary N) is 2. The summed E-state index contributed by atoms with van der Waals surface area (Å²) in [6.07, 6.45) is 1.64. The molecule has 2 N–H and O–H groups in total. The average molecular weight is 425 g/mol. The van der Waals surface area contributed by atoms with Crippen LogP contribution in [0.4, 0.5) is 11.4 Å². The van der Waals surface area contributed by atoms with Gasteiger partial charge in [0.15, 0.2) is 0 Å². The first-order valence-electron chi connectivity index (χ1n) is 10.1. The predicted molar refractivity (Wildman–Crippen MR) is 112 cm³/mol. The molecule has 2 bridgehead atoms. The Morgan fingerprint density at radius 3 is 2.77 bits per heavy atom. The van der Waals surface area contributed by atoms with Gasteiger partial charge in [-0.25, -0.2) is 0 Å². The van der Waals surface area contributed by atoms with Gasteiger partial charge in [0.25, 0.3) is 5.91 Å². The molecule has 0 aromatic heterocycles. The normalized spacial score (nSPS) is 28.3. The maximum Gasteiger partial charge on any atom is 0.310 e. The molecule has 2 aliphatic carbocycles. The molecule has 0 radical (unpaired) electrons. The Morgan fingerprint density at radius 2 is 1.93 bits per heavy atom. The van der Waals surface area contributed by atoms with Crippen molar-refractivity contribution < 1.29 is 19.1 Å². The highest BCUT2D eigenvalue weighted by molar-refractivity contribution is 6.31. The van der Waals surface area contributed by atoms with Crippen LogP contribution in [0.2, 0.25) is 5.02 Å². The lowest BCUT2D eigenvalue weighted by molar-refractivity contribution is -0.145. The lowest BCUT2D eigenvalue weighted by atomic mass is 9.79. The number of hydrogen-bond acceptors (Lipinski definition) is 4. The lowest BCUT2D eigenvalue weighted by Gasteiger charge is -2.23. The van der Waals surface area contributed by atoms with Crippen molar-refractivity contribution in [1.29, 1.82) is 0 Å². The summed E-state index contributed by atoms with van der Waals surface area (Å²) in [5.41, 5.74) is 2.48. The van der Waals surface area contributed by atoms with E-state index in [1.165, 1.54) is 0 Å². The van der Waals surface area contributed by atoms with Crippen LogP contribution in [0.5, 0.6) is 0 Å². The summed E-state index contributed by atoms with van der Waals surface area (Å²) in [6, 6.07) is 12.1. The Balaban J connectivity index is 1.30. The van der Waals surface area contributed by atoms with Gasteiger partial charge in [0.05, 0.1) is 11.8 Å². The molecule has 154 valence electrons. The average Bonchev–Trinajstić information content (AvgIpc) is 3.33. The standard InChI is InChI=1S/C23H21ClN2O4/c1-11-5-6-14(24)10-17(11)26-21(27)12-3-2-4-15(7-12)25-22(28)19-13-8-16-18(9-13)30-23(29)20(16)19/h2-7,10,13,16,18-20H,8-9H2,1H3,(H,25,28)(H,26,27)/t13-,16+,18-,19-,20-/m1/s1. The van der Waals surface area contributed by atoms with Crippen LogP contribution in [-0.4, -0.2) is 23.9 Å². The summed E-state index contributed by atoms with van der Waals surface area (Å²) in [5, 5.41) is 6.30. The Kier molecular flexibility index (Phi) is 4.54. The molecule has 1 heterocycles. The van der Waals surface area contributed by atoms with Crippen molar-refractivity contribution in [2.75, 3.05) is 10.6 Å². The van der Waals surface area contributed by atoms with E-state index < -0.39 is 0 Å². The van der Waals surface area contributed by atoms with Crippen molar-refractivity contribution in [3.63, 3.8) is 0 Å². The van der Waals surface area contributed by atoms with Crippen LogP contribution in [-0.2, 0) is 14.3 Å². The molecular formula is C23H21ClN2O4. The van der Waals surface area contributed by atoms with E-state index in [4.69, 9.17) is 16.3 Å². The molecule has 5 atom stereocenters. The van der Waals surface area contributed by atoms with Crippen LogP contribution < -0.4 is 10.6 Å². The fourth-order valence-electron chi connectivity index (χ4n) is 5.25. The van der Waals surface area contributed by atoms with Gasteiger partial charge in [-0.3, -0.25) is 14.4 Å². The Labute approximate surface area is 178 Å². The summed E-state index contributed by atoms with van der Waals surface area (Å²) in [5.74, 6) is -1.02. The van der Waals surface area contributed by atoms with Crippen molar-refractivity contribution in [2.24, 2.45) is 23.7 Å². The molecular weight excluding hydrogens is 404 g/mol. The number of hydrogen-bond donors (Lipinski definition) is 2. The number of aryl methyl sites for hydroxylation is 1. The van der Waals surface area contributed by atoms with E-state index in [-0.39, 0.29) is 47.6 Å². The number of carbonyl (C=O) groups is 3. The van der Waals surface area contributed by atoms with E-state index in [2.05, 4.69) is 10.6 Å². The summed E-state index contributed by atoms with van der Waals surface area (Å²) in [7, 11) is 0. The second-order valence-electron chi connectivity index (χ2n) is 8.41. The van der Waals surface area contributed by atoms with Gasteiger partial charge in [0.2, 0.25) is 5.91 Å². The number of esters is 1. The van der Waals surface area contributed by atoms with Gasteiger partial charge in [0, 0.05) is 27.9 Å². The second kappa shape index (κ2) is 7.13. The third-order valence-corrected chi connectivity index (χ3v) is 6.86. The molecule has 3 aliphatic rings. The fourth-order valence-corrected chi connectivity index (χ4v) is 5.42. The molecule has 2 saturated carbocycles. The van der Waals surface area contributed by atoms with Gasteiger partial charge in [-0.15, -0.1) is 0 Å². The van der Waals surface area contributed by atoms with Crippen LogP contribution in [0.15, 0.2) is 42.5 Å². The van der Waals surface area contributed by atoms with Gasteiger partial charge in [-0.2, -0.15) is 0 Å². The number of halogens is 1. The molecule has 0 unspecified atom stereocenters. The zero-order valence-corrected chi connectivity index (χ0v) is 17.1. The van der Waals surface area contributed by atoms with Gasteiger partial charge in [0.1, 0.15) is 6.10 Å². The molecule has 0 spiro atoms. The molecule has 7 heteroatoms. The van der Waals surface area contributed by atoms with Crippen LogP contribution in [0, 0.1) is 30.6 Å². The molecule has 2 amide bonds. The Bertz CT molecular complexity index is 1070. The SMILES string of the molecule is Cc1ccc(Cl)cc1NC(=O)c1cccc(NC(=O)[C@@H]2[C@@H]3C[C@@H]4[C@H]2C(=O)O[C@@H]4C3)c1. The van der Waals surface area contributed by atoms with Crippen LogP contribution >= 0.6 is 11.6 Å². The number of amides is 2. The molecule has 5 rings (SSSR count). The van der Waals surface area contributed by atoms with Crippen molar-refractivity contribution in [3.8, 4) is 0 Å². The van der Waals surface area contributed by atoms with Gasteiger partial charge >= 0.3 is 5.97 Å². The second-order valence-corrected chi connectivity index (χ2v) is 8.84. The minimum Gasteiger partial charge on any atom is -0.462 e. The van der Waals surface area contributed by atoms with Crippen molar-refractivity contribution in [2.45, 2.75) is 25.9 Å². The number of ether oxygens (including phenoxy) is 1. The van der Waals surface area contributed by atoms with E-state index >= 15 is 0 Å². The van der Waals surface area contributed by atoms with E-state index in [0.29, 0.717) is 22.0 Å². The van der Waals surface area contributed by atoms with Gasteiger partial charge < -0.3 is 15.4 Å². The van der Waals surface area contributed by atoms with Crippen molar-refractivity contribution >= 4 is 40.8 Å². The topological polar surface area (TPSA) is 84.5 Å². The van der Waals surface area contributed by atoms with Gasteiger partial charge in [-0.05, 0) is 61.6 Å². The highest BCUT2D eigenvalue weighted by Crippen LogP contribution is 2.57. The summed E-state index contributed by atoms with van der Waals surface area (Å²) in [4.78, 5) is 37.8. The van der Waals surface area contributed by atoms with Gasteiger partial charge in [-0.1, -0.05) is 23.7 Å². The number of carbonyl (C=O) groups excluding carboxylic acids is 3. The van der Waals surface area contributed by atoms with E-state index in [1.807, 2.05) is 13.0 Å². The molecule has 2 aromatic carbocycles. The number of fused-ring (bicyclic) bond motifs is 1. The Hall–Kier alpha value is -2.86. The minimum absolute atomic E-state index is 0.00137. The fraction of sp³-hybridized carbons (Fsp3) is 0.348. The number of rotatable bonds is 4. The monoisotopic (exact) mass is 424 g/mol. The highest BCUT2D eigenvalue weighted by Gasteiger charge is 2.63. The van der Waals surface area contributed by atoms with E-state index in [1.54, 1.807) is 36.4 Å². The third kappa shape index (κ3) is 3.16. The minimum atomic E-state index is -0.354. The van der Waals surface area contributed by atoms with Crippen molar-refractivity contribution in [1.82, 2.24) is 0 Å². The molecule has 30 heavy (non-hydrogen) atoms. The Morgan fingerprint density at radius 1 is 1.10 bits per heavy atom. The third-order valence-electron chi connectivity index (χ3n) is 6.63. The molecule has 1 aliphatic heterocycles. The van der Waals surface area contributed by atoms with E-state index in [0.717, 1.165) is 18.4 Å². The molecule has 3 fully saturated rings. The van der Waals surface area contributed by atoms with Crippen molar-refractivity contribution in [3.05, 3.63) is 58.6 Å². The molecule has 2 aromatic rings. The van der Waals surface area contributed by atoms with Crippen LogP contribution in [0.1, 0.15) is 28.8 Å². The molecule has 1 saturated heterocycles. The zero-order valence-electron chi connectivity index (χ0n) is 16.4. The summed E-state index contributed by atoms with van der Waals surface area (Å²) >= 11 is 6.02. The first-order valence-corrected chi connectivity index (χ1v) is 10.5. The number of anilines is 2. The maximum atomic E-state index is 13.0. The zero-order chi connectivity index (χ0) is 21.0. The maximum absolute atomic E-state index is 13.0. The first kappa shape index (κ1) is 19.1.